The number of carbonyl (C=O) groups excluding carboxylic acids is 2. The summed E-state index contributed by atoms with van der Waals surface area (Å²) in [5.41, 5.74) is 16.6. The Balaban J connectivity index is 0.00000898. The zero-order valence-corrected chi connectivity index (χ0v) is 38.0. The van der Waals surface area contributed by atoms with Crippen molar-refractivity contribution in [1.29, 1.82) is 0 Å². The second-order valence-corrected chi connectivity index (χ2v) is 15.4. The molecule has 0 unspecified atom stereocenters. The number of anilines is 3. The summed E-state index contributed by atoms with van der Waals surface area (Å²) >= 11 is 0. The number of terminal acetylenes is 1. The summed E-state index contributed by atoms with van der Waals surface area (Å²) in [6.45, 7) is 10.7. The number of unbranched alkanes of at least 4 members (excludes halogenated alkanes) is 2. The molecule has 2 aliphatic heterocycles. The Hall–Kier alpha value is -5.41. The van der Waals surface area contributed by atoms with Crippen molar-refractivity contribution in [2.24, 2.45) is 11.5 Å². The molecule has 2 fully saturated rings. The number of halogens is 1. The molecule has 3 aromatic rings. The number of nitrogens with two attached hydrogens (primary N) is 2. The zero-order chi connectivity index (χ0) is 44.7. The van der Waals surface area contributed by atoms with Crippen molar-refractivity contribution >= 4 is 35.6 Å². The van der Waals surface area contributed by atoms with Crippen LogP contribution in [0.15, 0.2) is 12.4 Å². The molecule has 0 aliphatic carbocycles. The molecule has 0 bridgehead atoms. The van der Waals surface area contributed by atoms with E-state index < -0.39 is 6.04 Å². The van der Waals surface area contributed by atoms with E-state index in [1.165, 1.54) is 0 Å². The first-order chi connectivity index (χ1) is 30.8. The fourth-order valence-electron chi connectivity index (χ4n) is 7.11. The van der Waals surface area contributed by atoms with Crippen LogP contribution < -0.4 is 49.7 Å². The summed E-state index contributed by atoms with van der Waals surface area (Å²) in [5, 5.41) is 20.4. The van der Waals surface area contributed by atoms with Crippen LogP contribution in [-0.4, -0.2) is 184 Å². The van der Waals surface area contributed by atoms with Gasteiger partial charge in [0.15, 0.2) is 0 Å². The lowest BCUT2D eigenvalue weighted by Crippen LogP contribution is -3.00. The molecule has 0 radical (unpaired) electrons. The molecular weight excluding hydrogens is 848 g/mol. The maximum absolute atomic E-state index is 14.1. The van der Waals surface area contributed by atoms with Crippen molar-refractivity contribution in [2.75, 3.05) is 127 Å². The van der Waals surface area contributed by atoms with E-state index in [2.05, 4.69) is 59.3 Å². The van der Waals surface area contributed by atoms with E-state index in [1.54, 1.807) is 15.6 Å². The second kappa shape index (κ2) is 28.4. The Bertz CT molecular complexity index is 1890. The first kappa shape index (κ1) is 51.2. The van der Waals surface area contributed by atoms with Gasteiger partial charge >= 0.3 is 5.96 Å². The van der Waals surface area contributed by atoms with Crippen molar-refractivity contribution < 1.29 is 46.9 Å². The number of nitrogens with zero attached hydrogens (tertiary/aromatic N) is 13. The van der Waals surface area contributed by atoms with Crippen LogP contribution >= 0.6 is 0 Å². The predicted molar refractivity (Wildman–Crippen MR) is 234 cm³/mol. The lowest BCUT2D eigenvalue weighted by molar-refractivity contribution is -0.459. The van der Waals surface area contributed by atoms with Crippen molar-refractivity contribution in [3.05, 3.63) is 23.8 Å². The number of hydrogen-bond acceptors (Lipinski definition) is 15. The number of nitrogens with one attached hydrogen (secondary N) is 2. The number of aryl methyl sites for hydroxylation is 2. The zero-order valence-electron chi connectivity index (χ0n) is 37.3. The van der Waals surface area contributed by atoms with Crippen molar-refractivity contribution in [1.82, 2.24) is 54.7 Å². The van der Waals surface area contributed by atoms with Crippen molar-refractivity contribution in [3.63, 3.8) is 0 Å². The quantitative estimate of drug-likeness (QED) is 0.0196. The number of aromatic nitrogens is 9. The number of carbonyl (C=O) groups is 2. The van der Waals surface area contributed by atoms with Gasteiger partial charge in [-0.2, -0.15) is 15.0 Å². The summed E-state index contributed by atoms with van der Waals surface area (Å²) < 4.78 is 19.8. The van der Waals surface area contributed by atoms with Gasteiger partial charge in [-0.25, -0.2) is 9.36 Å². The molecule has 2 amide bonds. The van der Waals surface area contributed by atoms with Crippen LogP contribution in [0.25, 0.3) is 0 Å². The number of rotatable bonds is 28. The first-order valence-electron chi connectivity index (χ1n) is 22.2. The van der Waals surface area contributed by atoms with E-state index in [9.17, 15) is 9.59 Å². The van der Waals surface area contributed by atoms with Crippen LogP contribution in [0.3, 0.4) is 0 Å². The Morgan fingerprint density at radius 2 is 1.45 bits per heavy atom. The number of amides is 2. The minimum atomic E-state index is -0.416. The number of piperazine rings is 2. The maximum Gasteiger partial charge on any atom is 0.338 e. The van der Waals surface area contributed by atoms with Gasteiger partial charge in [-0.05, 0) is 44.9 Å². The standard InChI is InChI=1S/C40H66N18O5.ClH/c1-3-5-9-33-30-58(52-50-33)34(11-6-7-12-41)36(60)54-17-21-56(22-18-54)40-47-38(45-14-24-62-26-28-63-27-25-61-23-4-2)46-39(48-40)55-19-15-53(16-20-55)35(59)31-57-29-32(49-51-57)10-8-13-44-37(42)43;/h2,29-30,34H,3,5-28,31,41H2,1H3,(H4,42,43,44)(H,45,46,47,48);1H/p+1/t34-;/m0./s1. The van der Waals surface area contributed by atoms with Crippen molar-refractivity contribution in [2.45, 2.75) is 70.9 Å². The van der Waals surface area contributed by atoms with Gasteiger partial charge in [0.2, 0.25) is 29.7 Å². The average molecular weight is 917 g/mol. The molecule has 5 rings (SSSR count). The fraction of sp³-hybridized carbons (Fsp3) is 0.700. The third-order valence-electron chi connectivity index (χ3n) is 10.6. The molecule has 0 spiro atoms. The van der Waals surface area contributed by atoms with E-state index in [1.807, 2.05) is 16.0 Å². The molecule has 64 heavy (non-hydrogen) atoms. The Morgan fingerprint density at radius 3 is 2.11 bits per heavy atom. The molecule has 2 aliphatic rings. The fourth-order valence-corrected chi connectivity index (χ4v) is 7.11. The molecule has 24 heteroatoms. The SMILES string of the molecule is C#CCOCCOCCOCCNc1nc(N2CCN(C(=O)Cn3cc(CCC[NH+]=C(N)N)nn3)CC2)nc(N2CCN(C(=O)[C@H](CCCC[NH3+])n3cc(CCCC)nn3)CC2)n1.[Cl-]. The van der Waals surface area contributed by atoms with E-state index >= 15 is 0 Å². The molecule has 0 aromatic carbocycles. The summed E-state index contributed by atoms with van der Waals surface area (Å²) in [4.78, 5) is 52.7. The summed E-state index contributed by atoms with van der Waals surface area (Å²) in [6.07, 6.45) is 15.8. The van der Waals surface area contributed by atoms with E-state index in [0.717, 1.165) is 56.5 Å². The monoisotopic (exact) mass is 916 g/mol. The molecule has 9 N–H and O–H groups in total. The smallest absolute Gasteiger partial charge is 0.338 e. The van der Waals surface area contributed by atoms with Gasteiger partial charge in [-0.3, -0.25) is 26.0 Å². The maximum atomic E-state index is 14.1. The van der Waals surface area contributed by atoms with Gasteiger partial charge in [0, 0.05) is 71.3 Å². The second-order valence-electron chi connectivity index (χ2n) is 15.4. The van der Waals surface area contributed by atoms with Gasteiger partial charge < -0.3 is 57.3 Å². The molecule has 3 aromatic heterocycles. The number of quaternary nitrogens is 1. The van der Waals surface area contributed by atoms with Gasteiger partial charge in [-0.15, -0.1) is 16.6 Å². The largest absolute Gasteiger partial charge is 1.00 e. The summed E-state index contributed by atoms with van der Waals surface area (Å²) in [5.74, 6) is 4.04. The summed E-state index contributed by atoms with van der Waals surface area (Å²) in [6, 6.07) is -0.416. The van der Waals surface area contributed by atoms with Crippen LogP contribution in [-0.2, 0) is 43.2 Å². The van der Waals surface area contributed by atoms with Gasteiger partial charge in [0.05, 0.1) is 57.5 Å². The summed E-state index contributed by atoms with van der Waals surface area (Å²) in [7, 11) is 0. The van der Waals surface area contributed by atoms with E-state index in [4.69, 9.17) is 47.1 Å². The highest BCUT2D eigenvalue weighted by molar-refractivity contribution is 5.80. The first-order valence-corrected chi connectivity index (χ1v) is 22.2. The minimum absolute atomic E-state index is 0. The highest BCUT2D eigenvalue weighted by Crippen LogP contribution is 2.23. The van der Waals surface area contributed by atoms with Crippen LogP contribution in [0.4, 0.5) is 17.8 Å². The normalized spacial score (nSPS) is 14.5. The third kappa shape index (κ3) is 16.9. The molecule has 1 atom stereocenters. The number of ether oxygens (including phenoxy) is 3. The van der Waals surface area contributed by atoms with Gasteiger partial charge in [-0.1, -0.05) is 29.7 Å². The van der Waals surface area contributed by atoms with E-state index in [0.29, 0.717) is 129 Å². The Morgan fingerprint density at radius 1 is 0.828 bits per heavy atom. The molecule has 354 valence electrons. The van der Waals surface area contributed by atoms with E-state index in [-0.39, 0.29) is 43.3 Å². The molecule has 2 saturated heterocycles. The van der Waals surface area contributed by atoms with Crippen LogP contribution in [0.1, 0.15) is 62.9 Å². The molecule has 5 heterocycles. The minimum Gasteiger partial charge on any atom is -1.00 e. The predicted octanol–water partition coefficient (Wildman–Crippen LogP) is -6.57. The highest BCUT2D eigenvalue weighted by Gasteiger charge is 2.31. The van der Waals surface area contributed by atoms with Crippen LogP contribution in [0.5, 0.6) is 0 Å². The van der Waals surface area contributed by atoms with Gasteiger partial charge in [0.25, 0.3) is 0 Å². The topological polar surface area (TPSA) is 281 Å². The molecule has 23 nitrogen and oxygen atoms in total. The Kier molecular flexibility index (Phi) is 22.7. The third-order valence-corrected chi connectivity index (χ3v) is 10.6. The lowest BCUT2D eigenvalue weighted by atomic mass is 10.1. The highest BCUT2D eigenvalue weighted by atomic mass is 35.5. The average Bonchev–Trinajstić information content (AvgIpc) is 3.97. The van der Waals surface area contributed by atoms with Crippen molar-refractivity contribution in [3.8, 4) is 12.3 Å². The number of guanidine groups is 1. The van der Waals surface area contributed by atoms with Crippen LogP contribution in [0.2, 0.25) is 0 Å². The van der Waals surface area contributed by atoms with Gasteiger partial charge in [0.1, 0.15) is 19.2 Å². The number of hydrogen-bond donors (Lipinski definition) is 5. The Labute approximate surface area is 381 Å². The lowest BCUT2D eigenvalue weighted by Gasteiger charge is -2.37. The molecular formula is C40H68ClN18O5+. The van der Waals surface area contributed by atoms with Crippen LogP contribution in [0, 0.1) is 12.3 Å². The molecule has 0 saturated carbocycles.